The number of halogens is 1. The number of carbonyl (C=O) groups is 3. The van der Waals surface area contributed by atoms with Crippen molar-refractivity contribution in [2.24, 2.45) is 0 Å². The molecule has 5 rings (SSSR count). The van der Waals surface area contributed by atoms with Gasteiger partial charge in [0.05, 0.1) is 34.5 Å². The van der Waals surface area contributed by atoms with Crippen molar-refractivity contribution in [1.29, 1.82) is 0 Å². The summed E-state index contributed by atoms with van der Waals surface area (Å²) in [5, 5.41) is 11.5. The summed E-state index contributed by atoms with van der Waals surface area (Å²) < 4.78 is 19.1. The lowest BCUT2D eigenvalue weighted by Gasteiger charge is -2.23. The predicted octanol–water partition coefficient (Wildman–Crippen LogP) is 5.47. The second-order valence-electron chi connectivity index (χ2n) is 8.71. The largest absolute Gasteiger partial charge is 0.507 e. The number of aliphatic hydroxyl groups excluding tert-OH is 1. The number of Topliss-reactive ketones (excluding diaryl/α,β-unsaturated/α-hetero) is 1. The van der Waals surface area contributed by atoms with Gasteiger partial charge in [-0.1, -0.05) is 29.5 Å². The molecule has 9 heteroatoms. The third kappa shape index (κ3) is 4.17. The Hall–Kier alpha value is -4.37. The molecule has 186 valence electrons. The van der Waals surface area contributed by atoms with Crippen LogP contribution in [0.2, 0.25) is 0 Å². The van der Waals surface area contributed by atoms with E-state index in [2.05, 4.69) is 4.98 Å². The van der Waals surface area contributed by atoms with E-state index in [0.717, 1.165) is 28.0 Å². The van der Waals surface area contributed by atoms with Gasteiger partial charge in [-0.05, 0) is 73.0 Å². The van der Waals surface area contributed by atoms with Crippen LogP contribution in [0.3, 0.4) is 0 Å². The van der Waals surface area contributed by atoms with E-state index < -0.39 is 35.3 Å². The number of aromatic nitrogens is 1. The number of ether oxygens (including phenoxy) is 1. The van der Waals surface area contributed by atoms with E-state index >= 15 is 0 Å². The summed E-state index contributed by atoms with van der Waals surface area (Å²) in [6.07, 6.45) is 0. The first-order valence-electron chi connectivity index (χ1n) is 11.3. The molecule has 3 aromatic carbocycles. The maximum Gasteiger partial charge on any atom is 0.337 e. The molecule has 4 aromatic rings. The lowest BCUT2D eigenvalue weighted by molar-refractivity contribution is -0.132. The monoisotopic (exact) mass is 516 g/mol. The van der Waals surface area contributed by atoms with Gasteiger partial charge in [-0.3, -0.25) is 14.5 Å². The van der Waals surface area contributed by atoms with E-state index in [9.17, 15) is 23.9 Å². The maximum absolute atomic E-state index is 13.5. The Morgan fingerprint density at radius 1 is 1.03 bits per heavy atom. The maximum atomic E-state index is 13.5. The third-order valence-corrected chi connectivity index (χ3v) is 7.24. The number of amides is 1. The summed E-state index contributed by atoms with van der Waals surface area (Å²) in [7, 11) is 1.27. The first-order valence-corrected chi connectivity index (χ1v) is 12.1. The molecule has 1 amide bonds. The zero-order valence-electron chi connectivity index (χ0n) is 20.1. The van der Waals surface area contributed by atoms with Crippen molar-refractivity contribution in [2.75, 3.05) is 12.0 Å². The molecule has 0 spiro atoms. The lowest BCUT2D eigenvalue weighted by Crippen LogP contribution is -2.29. The minimum atomic E-state index is -1.03. The highest BCUT2D eigenvalue weighted by Gasteiger charge is 2.48. The number of nitrogens with zero attached hydrogens (tertiary/aromatic N) is 2. The third-order valence-electron chi connectivity index (χ3n) is 6.23. The molecule has 1 aromatic heterocycles. The molecule has 1 atom stereocenters. The number of ketones is 1. The van der Waals surface area contributed by atoms with Gasteiger partial charge in [-0.2, -0.15) is 0 Å². The molecule has 0 saturated carbocycles. The van der Waals surface area contributed by atoms with Gasteiger partial charge < -0.3 is 9.84 Å². The minimum absolute atomic E-state index is 0.158. The summed E-state index contributed by atoms with van der Waals surface area (Å²) in [4.78, 5) is 44.6. The fourth-order valence-corrected chi connectivity index (χ4v) is 5.66. The Morgan fingerprint density at radius 3 is 2.32 bits per heavy atom. The first-order chi connectivity index (χ1) is 17.7. The summed E-state index contributed by atoms with van der Waals surface area (Å²) in [5.74, 6) is -3.22. The quantitative estimate of drug-likeness (QED) is 0.167. The van der Waals surface area contributed by atoms with Crippen LogP contribution in [0, 0.1) is 19.7 Å². The van der Waals surface area contributed by atoms with Crippen molar-refractivity contribution >= 4 is 50.1 Å². The summed E-state index contributed by atoms with van der Waals surface area (Å²) >= 11 is 1.26. The van der Waals surface area contributed by atoms with E-state index in [1.807, 2.05) is 26.0 Å². The van der Waals surface area contributed by atoms with Gasteiger partial charge in [0.2, 0.25) is 0 Å². The van der Waals surface area contributed by atoms with Crippen LogP contribution in [-0.4, -0.2) is 34.9 Å². The molecule has 1 aliphatic heterocycles. The van der Waals surface area contributed by atoms with Gasteiger partial charge >= 0.3 is 11.9 Å². The number of rotatable bonds is 4. The summed E-state index contributed by atoms with van der Waals surface area (Å²) in [6, 6.07) is 14.1. The number of thiazole rings is 1. The smallest absolute Gasteiger partial charge is 0.337 e. The molecule has 1 fully saturated rings. The zero-order valence-corrected chi connectivity index (χ0v) is 20.9. The normalized spacial score (nSPS) is 17.0. The Balaban J connectivity index is 1.72. The zero-order chi connectivity index (χ0) is 26.4. The molecule has 1 aliphatic rings. The molecular formula is C28H21FN2O5S. The van der Waals surface area contributed by atoms with Crippen LogP contribution in [0.15, 0.2) is 66.2 Å². The standard InChI is InChI=1S/C28H21FN2O5S/c1-14-12-15(2)22-20(13-14)37-28(30-22)31-23(16-4-6-18(7-5-16)27(35)36-3)21(25(33)26(31)34)24(32)17-8-10-19(29)11-9-17/h4-13,23,32H,1-3H3/b24-21+. The van der Waals surface area contributed by atoms with Crippen LogP contribution in [0.5, 0.6) is 0 Å². The van der Waals surface area contributed by atoms with Crippen molar-refractivity contribution < 1.29 is 28.6 Å². The highest BCUT2D eigenvalue weighted by atomic mass is 32.1. The Morgan fingerprint density at radius 2 is 1.68 bits per heavy atom. The number of aryl methyl sites for hydroxylation is 2. The van der Waals surface area contributed by atoms with E-state index in [4.69, 9.17) is 4.74 Å². The van der Waals surface area contributed by atoms with Gasteiger partial charge in [0.1, 0.15) is 11.6 Å². The van der Waals surface area contributed by atoms with Crippen molar-refractivity contribution in [3.8, 4) is 0 Å². The molecule has 1 N–H and O–H groups in total. The van der Waals surface area contributed by atoms with Crippen molar-refractivity contribution in [2.45, 2.75) is 19.9 Å². The molecular weight excluding hydrogens is 495 g/mol. The predicted molar refractivity (Wildman–Crippen MR) is 138 cm³/mol. The number of hydrogen-bond donors (Lipinski definition) is 1. The van der Waals surface area contributed by atoms with Gasteiger partial charge in [-0.25, -0.2) is 14.2 Å². The van der Waals surface area contributed by atoms with Crippen LogP contribution in [-0.2, 0) is 14.3 Å². The minimum Gasteiger partial charge on any atom is -0.507 e. The number of anilines is 1. The molecule has 0 bridgehead atoms. The number of benzene rings is 3. The van der Waals surface area contributed by atoms with Gasteiger partial charge in [-0.15, -0.1) is 0 Å². The molecule has 1 saturated heterocycles. The number of methoxy groups -OCH3 is 1. The average Bonchev–Trinajstić information content (AvgIpc) is 3.42. The number of fused-ring (bicyclic) bond motifs is 1. The topological polar surface area (TPSA) is 96.8 Å². The van der Waals surface area contributed by atoms with Crippen molar-refractivity contribution in [3.05, 3.63) is 99.9 Å². The molecule has 0 radical (unpaired) electrons. The van der Waals surface area contributed by atoms with Gasteiger partial charge in [0, 0.05) is 5.56 Å². The fourth-order valence-electron chi connectivity index (χ4n) is 4.49. The van der Waals surface area contributed by atoms with E-state index in [1.54, 1.807) is 12.1 Å². The molecule has 2 heterocycles. The van der Waals surface area contributed by atoms with Gasteiger partial charge in [0.25, 0.3) is 5.78 Å². The van der Waals surface area contributed by atoms with Crippen LogP contribution >= 0.6 is 11.3 Å². The average molecular weight is 517 g/mol. The van der Waals surface area contributed by atoms with E-state index in [1.165, 1.54) is 47.6 Å². The number of hydrogen-bond acceptors (Lipinski definition) is 7. The Kier molecular flexibility index (Phi) is 6.08. The summed E-state index contributed by atoms with van der Waals surface area (Å²) in [6.45, 7) is 3.88. The van der Waals surface area contributed by atoms with E-state index in [-0.39, 0.29) is 16.7 Å². The second-order valence-corrected chi connectivity index (χ2v) is 9.72. The van der Waals surface area contributed by atoms with Gasteiger partial charge in [0.15, 0.2) is 5.13 Å². The highest BCUT2D eigenvalue weighted by molar-refractivity contribution is 7.22. The lowest BCUT2D eigenvalue weighted by atomic mass is 9.95. The Labute approximate surface area is 215 Å². The number of esters is 1. The molecule has 0 aliphatic carbocycles. The fraction of sp³-hybridized carbons (Fsp3) is 0.143. The number of carbonyl (C=O) groups excluding carboxylic acids is 3. The summed E-state index contributed by atoms with van der Waals surface area (Å²) in [5.41, 5.74) is 3.47. The van der Waals surface area contributed by atoms with Crippen molar-refractivity contribution in [3.63, 3.8) is 0 Å². The first kappa shape index (κ1) is 24.3. The Bertz CT molecular complexity index is 1610. The molecule has 7 nitrogen and oxygen atoms in total. The van der Waals surface area contributed by atoms with Crippen LogP contribution in [0.25, 0.3) is 16.0 Å². The highest BCUT2D eigenvalue weighted by Crippen LogP contribution is 2.44. The van der Waals surface area contributed by atoms with E-state index in [0.29, 0.717) is 16.2 Å². The number of aliphatic hydroxyl groups is 1. The van der Waals surface area contributed by atoms with Crippen LogP contribution in [0.1, 0.15) is 38.7 Å². The SMILES string of the molecule is COC(=O)c1ccc(C2/C(=C(\O)c3ccc(F)cc3)C(=O)C(=O)N2c2nc3c(C)cc(C)cc3s2)cc1. The molecule has 1 unspecified atom stereocenters. The van der Waals surface area contributed by atoms with Crippen molar-refractivity contribution in [1.82, 2.24) is 4.98 Å². The second kappa shape index (κ2) is 9.25. The van der Waals surface area contributed by atoms with Crippen LogP contribution < -0.4 is 4.90 Å². The molecule has 37 heavy (non-hydrogen) atoms. The van der Waals surface area contributed by atoms with Crippen LogP contribution in [0.4, 0.5) is 9.52 Å².